The normalized spacial score (nSPS) is 20.4. The average molecular weight is 249 g/mol. The van der Waals surface area contributed by atoms with Crippen molar-refractivity contribution in [3.05, 3.63) is 0 Å². The van der Waals surface area contributed by atoms with E-state index < -0.39 is 12.9 Å². The highest BCUT2D eigenvalue weighted by Gasteiger charge is 2.51. The maximum Gasteiger partial charge on any atom is 0.355 e. The van der Waals surface area contributed by atoms with Gasteiger partial charge < -0.3 is 14.4 Å². The number of amides is 1. The Balaban J connectivity index is 3.01. The highest BCUT2D eigenvalue weighted by Crippen LogP contribution is 2.62. The summed E-state index contributed by atoms with van der Waals surface area (Å²) in [4.78, 5) is 11.3. The van der Waals surface area contributed by atoms with Gasteiger partial charge in [0.05, 0.1) is 0 Å². The van der Waals surface area contributed by atoms with Crippen LogP contribution in [0.3, 0.4) is 0 Å². The third-order valence-corrected chi connectivity index (χ3v) is 5.66. The van der Waals surface area contributed by atoms with Crippen LogP contribution in [0.4, 0.5) is 0 Å². The molecule has 16 heavy (non-hydrogen) atoms. The van der Waals surface area contributed by atoms with Crippen LogP contribution < -0.4 is 5.32 Å². The van der Waals surface area contributed by atoms with Crippen molar-refractivity contribution in [2.24, 2.45) is 0 Å². The van der Waals surface area contributed by atoms with Crippen molar-refractivity contribution in [3.8, 4) is 0 Å². The molecule has 0 heterocycles. The van der Waals surface area contributed by atoms with Gasteiger partial charge in [0.15, 0.2) is 0 Å². The smallest absolute Gasteiger partial charge is 0.340 e. The number of nitrogens with one attached hydrogen (secondary N) is 1. The number of rotatable bonds is 4. The summed E-state index contributed by atoms with van der Waals surface area (Å²) >= 11 is 0. The standard InChI is InChI=1S/C10H20NO4P/c1-9(12)11-10(7-5-4-6-8-10)16(13,14-2)15-3/h4-8H2,1-3H3,(H,11,12). The van der Waals surface area contributed by atoms with E-state index in [1.807, 2.05) is 0 Å². The summed E-state index contributed by atoms with van der Waals surface area (Å²) in [7, 11) is -0.546. The van der Waals surface area contributed by atoms with E-state index in [9.17, 15) is 9.36 Å². The van der Waals surface area contributed by atoms with Crippen molar-refractivity contribution in [2.75, 3.05) is 14.2 Å². The molecule has 1 amide bonds. The quantitative estimate of drug-likeness (QED) is 0.776. The summed E-state index contributed by atoms with van der Waals surface area (Å²) in [5.41, 5.74) is 0. The van der Waals surface area contributed by atoms with Gasteiger partial charge in [0.25, 0.3) is 0 Å². The van der Waals surface area contributed by atoms with E-state index in [1.54, 1.807) is 0 Å². The van der Waals surface area contributed by atoms with Crippen molar-refractivity contribution in [1.29, 1.82) is 0 Å². The van der Waals surface area contributed by atoms with Gasteiger partial charge in [-0.2, -0.15) is 0 Å². The molecular weight excluding hydrogens is 229 g/mol. The van der Waals surface area contributed by atoms with E-state index in [1.165, 1.54) is 21.1 Å². The van der Waals surface area contributed by atoms with Gasteiger partial charge >= 0.3 is 7.60 Å². The third kappa shape index (κ3) is 2.47. The first-order valence-corrected chi connectivity index (χ1v) is 7.04. The number of hydrogen-bond donors (Lipinski definition) is 1. The molecule has 1 saturated carbocycles. The molecule has 0 saturated heterocycles. The fraction of sp³-hybridized carbons (Fsp3) is 0.900. The Morgan fingerprint density at radius 3 is 2.06 bits per heavy atom. The summed E-state index contributed by atoms with van der Waals surface area (Å²) < 4.78 is 22.6. The third-order valence-electron chi connectivity index (χ3n) is 3.09. The van der Waals surface area contributed by atoms with Crippen LogP contribution in [0.5, 0.6) is 0 Å². The summed E-state index contributed by atoms with van der Waals surface area (Å²) in [5.74, 6) is -0.198. The highest BCUT2D eigenvalue weighted by molar-refractivity contribution is 7.55. The second kappa shape index (κ2) is 5.30. The topological polar surface area (TPSA) is 64.6 Å². The predicted molar refractivity (Wildman–Crippen MR) is 61.3 cm³/mol. The Hall–Kier alpha value is -0.380. The Kier molecular flexibility index (Phi) is 4.53. The molecule has 0 atom stereocenters. The summed E-state index contributed by atoms with van der Waals surface area (Å²) in [6.45, 7) is 1.42. The fourth-order valence-corrected chi connectivity index (χ4v) is 4.36. The van der Waals surface area contributed by atoms with Crippen molar-refractivity contribution in [1.82, 2.24) is 5.32 Å². The lowest BCUT2D eigenvalue weighted by atomic mass is 9.94. The lowest BCUT2D eigenvalue weighted by Crippen LogP contribution is -2.49. The van der Waals surface area contributed by atoms with Crippen LogP contribution in [0.2, 0.25) is 0 Å². The molecule has 1 fully saturated rings. The number of carbonyl (C=O) groups is 1. The Bertz CT molecular complexity index is 291. The van der Waals surface area contributed by atoms with Crippen molar-refractivity contribution in [2.45, 2.75) is 44.3 Å². The van der Waals surface area contributed by atoms with E-state index in [2.05, 4.69) is 5.32 Å². The fourth-order valence-electron chi connectivity index (χ4n) is 2.36. The van der Waals surface area contributed by atoms with Gasteiger partial charge in [0, 0.05) is 21.1 Å². The lowest BCUT2D eigenvalue weighted by molar-refractivity contribution is -0.120. The zero-order valence-electron chi connectivity index (χ0n) is 10.1. The summed E-state index contributed by atoms with van der Waals surface area (Å²) in [6.07, 6.45) is 4.24. The summed E-state index contributed by atoms with van der Waals surface area (Å²) in [6, 6.07) is 0. The first-order valence-electron chi connectivity index (χ1n) is 5.50. The first kappa shape index (κ1) is 13.7. The van der Waals surface area contributed by atoms with Gasteiger partial charge in [-0.15, -0.1) is 0 Å². The molecule has 0 aliphatic heterocycles. The molecule has 1 N–H and O–H groups in total. The van der Waals surface area contributed by atoms with Crippen LogP contribution in [0.25, 0.3) is 0 Å². The van der Waals surface area contributed by atoms with Gasteiger partial charge in [0.2, 0.25) is 5.91 Å². The van der Waals surface area contributed by atoms with Crippen LogP contribution >= 0.6 is 7.60 Å². The number of hydrogen-bond acceptors (Lipinski definition) is 4. The Morgan fingerprint density at radius 2 is 1.69 bits per heavy atom. The molecule has 0 aromatic heterocycles. The molecule has 1 aliphatic carbocycles. The van der Waals surface area contributed by atoms with E-state index in [4.69, 9.17) is 9.05 Å². The molecule has 0 bridgehead atoms. The molecule has 94 valence electrons. The minimum Gasteiger partial charge on any atom is -0.340 e. The zero-order valence-corrected chi connectivity index (χ0v) is 11.0. The highest BCUT2D eigenvalue weighted by atomic mass is 31.2. The molecular formula is C10H20NO4P. The lowest BCUT2D eigenvalue weighted by Gasteiger charge is -2.40. The van der Waals surface area contributed by atoms with Gasteiger partial charge in [-0.1, -0.05) is 19.3 Å². The molecule has 0 aromatic carbocycles. The molecule has 0 unspecified atom stereocenters. The van der Waals surface area contributed by atoms with Gasteiger partial charge in [-0.05, 0) is 12.8 Å². The molecule has 0 aromatic rings. The molecule has 0 spiro atoms. The van der Waals surface area contributed by atoms with Crippen molar-refractivity contribution < 1.29 is 18.4 Å². The Morgan fingerprint density at radius 1 is 1.19 bits per heavy atom. The second-order valence-corrected chi connectivity index (χ2v) is 6.72. The van der Waals surface area contributed by atoms with Crippen molar-refractivity contribution >= 4 is 13.5 Å². The van der Waals surface area contributed by atoms with Crippen LogP contribution in [0.15, 0.2) is 0 Å². The van der Waals surface area contributed by atoms with Crippen molar-refractivity contribution in [3.63, 3.8) is 0 Å². The van der Waals surface area contributed by atoms with Crippen LogP contribution in [0.1, 0.15) is 39.0 Å². The van der Waals surface area contributed by atoms with Gasteiger partial charge in [-0.25, -0.2) is 0 Å². The maximum atomic E-state index is 12.5. The molecule has 0 radical (unpaired) electrons. The number of carbonyl (C=O) groups excluding carboxylic acids is 1. The molecule has 6 heteroatoms. The zero-order chi connectivity index (χ0) is 12.2. The van der Waals surface area contributed by atoms with Gasteiger partial charge in [-0.3, -0.25) is 9.36 Å². The second-order valence-electron chi connectivity index (χ2n) is 4.14. The van der Waals surface area contributed by atoms with E-state index in [-0.39, 0.29) is 5.91 Å². The molecule has 1 aliphatic rings. The minimum absolute atomic E-state index is 0.198. The monoisotopic (exact) mass is 249 g/mol. The predicted octanol–water partition coefficient (Wildman–Crippen LogP) is 2.27. The maximum absolute atomic E-state index is 12.5. The Labute approximate surface area is 96.4 Å². The van der Waals surface area contributed by atoms with Crippen LogP contribution in [-0.4, -0.2) is 25.4 Å². The first-order chi connectivity index (χ1) is 7.49. The van der Waals surface area contributed by atoms with Crippen LogP contribution in [-0.2, 0) is 18.4 Å². The van der Waals surface area contributed by atoms with Crippen LogP contribution in [0, 0.1) is 0 Å². The van der Waals surface area contributed by atoms with E-state index in [0.29, 0.717) is 12.8 Å². The molecule has 5 nitrogen and oxygen atoms in total. The average Bonchev–Trinajstić information content (AvgIpc) is 2.28. The van der Waals surface area contributed by atoms with E-state index in [0.717, 1.165) is 19.3 Å². The largest absolute Gasteiger partial charge is 0.355 e. The van der Waals surface area contributed by atoms with Gasteiger partial charge in [0.1, 0.15) is 5.28 Å². The summed E-state index contributed by atoms with van der Waals surface area (Å²) in [5, 5.41) is 1.95. The minimum atomic E-state index is -3.27. The SMILES string of the molecule is COP(=O)(OC)C1(NC(C)=O)CCCCC1. The van der Waals surface area contributed by atoms with E-state index >= 15 is 0 Å². The molecule has 1 rings (SSSR count).